The monoisotopic (exact) mass is 346 g/mol. The molecule has 25 heavy (non-hydrogen) atoms. The molecule has 0 amide bonds. The third-order valence-corrected chi connectivity index (χ3v) is 6.36. The highest BCUT2D eigenvalue weighted by Crippen LogP contribution is 2.31. The Morgan fingerprint density at radius 3 is 2.96 bits per heavy atom. The van der Waals surface area contributed by atoms with Crippen LogP contribution in [0.3, 0.4) is 0 Å². The lowest BCUT2D eigenvalue weighted by atomic mass is 10.0. The molecule has 2 aliphatic heterocycles. The average molecular weight is 346 g/mol. The summed E-state index contributed by atoms with van der Waals surface area (Å²) in [5, 5.41) is 12.8. The summed E-state index contributed by atoms with van der Waals surface area (Å²) in [6.07, 6.45) is 1.17. The fourth-order valence-electron chi connectivity index (χ4n) is 3.87. The molecule has 0 bridgehead atoms. The van der Waals surface area contributed by atoms with Gasteiger partial charge in [-0.1, -0.05) is 18.2 Å². The highest BCUT2D eigenvalue weighted by Gasteiger charge is 2.35. The molecule has 1 fully saturated rings. The molecule has 124 valence electrons. The summed E-state index contributed by atoms with van der Waals surface area (Å²) in [7, 11) is 0. The van der Waals surface area contributed by atoms with Gasteiger partial charge in [0.05, 0.1) is 11.1 Å². The van der Waals surface area contributed by atoms with Crippen LogP contribution in [0.25, 0.3) is 10.9 Å². The van der Waals surface area contributed by atoms with Crippen molar-refractivity contribution in [3.63, 3.8) is 0 Å². The van der Waals surface area contributed by atoms with Crippen LogP contribution in [0.15, 0.2) is 41.8 Å². The van der Waals surface area contributed by atoms with Crippen LogP contribution in [-0.2, 0) is 13.0 Å². The van der Waals surface area contributed by atoms with Crippen LogP contribution in [0.1, 0.15) is 16.0 Å². The zero-order valence-electron chi connectivity index (χ0n) is 13.9. The number of pyridine rings is 1. The van der Waals surface area contributed by atoms with Crippen molar-refractivity contribution in [1.82, 2.24) is 9.88 Å². The lowest BCUT2D eigenvalue weighted by Gasteiger charge is -2.47. The van der Waals surface area contributed by atoms with Crippen LogP contribution in [0.4, 0.5) is 5.82 Å². The van der Waals surface area contributed by atoms with Gasteiger partial charge in [0, 0.05) is 42.5 Å². The van der Waals surface area contributed by atoms with E-state index in [-0.39, 0.29) is 0 Å². The number of rotatable bonds is 2. The third kappa shape index (κ3) is 2.50. The lowest BCUT2D eigenvalue weighted by molar-refractivity contribution is 0.151. The number of benzene rings is 1. The van der Waals surface area contributed by atoms with Gasteiger partial charge in [-0.25, -0.2) is 4.98 Å². The van der Waals surface area contributed by atoms with E-state index in [2.05, 4.69) is 27.3 Å². The first-order valence-electron chi connectivity index (χ1n) is 8.66. The largest absolute Gasteiger partial charge is 0.352 e. The van der Waals surface area contributed by atoms with E-state index in [0.29, 0.717) is 11.6 Å². The van der Waals surface area contributed by atoms with Gasteiger partial charge in [-0.3, -0.25) is 4.90 Å². The van der Waals surface area contributed by atoms with Gasteiger partial charge in [0.1, 0.15) is 11.9 Å². The second-order valence-electron chi connectivity index (χ2n) is 6.81. The Balaban J connectivity index is 1.35. The molecule has 2 aliphatic rings. The van der Waals surface area contributed by atoms with Crippen LogP contribution in [0.2, 0.25) is 0 Å². The van der Waals surface area contributed by atoms with Crippen molar-refractivity contribution in [1.29, 1.82) is 5.26 Å². The molecule has 4 nitrogen and oxygen atoms in total. The summed E-state index contributed by atoms with van der Waals surface area (Å²) in [5.41, 5.74) is 3.13. The highest BCUT2D eigenvalue weighted by molar-refractivity contribution is 7.10. The summed E-state index contributed by atoms with van der Waals surface area (Å²) >= 11 is 1.89. The van der Waals surface area contributed by atoms with Crippen LogP contribution in [0, 0.1) is 11.3 Å². The topological polar surface area (TPSA) is 43.2 Å². The Morgan fingerprint density at radius 2 is 2.08 bits per heavy atom. The van der Waals surface area contributed by atoms with Gasteiger partial charge >= 0.3 is 0 Å². The second-order valence-corrected chi connectivity index (χ2v) is 7.81. The smallest absolute Gasteiger partial charge is 0.147 e. The van der Waals surface area contributed by atoms with Crippen molar-refractivity contribution in [2.24, 2.45) is 0 Å². The molecular weight excluding hydrogens is 328 g/mol. The van der Waals surface area contributed by atoms with Crippen molar-refractivity contribution in [2.45, 2.75) is 19.0 Å². The van der Waals surface area contributed by atoms with Crippen molar-refractivity contribution in [3.05, 3.63) is 57.8 Å². The molecule has 2 aromatic heterocycles. The SMILES string of the molecule is N#Cc1cc2ccccc2nc1N1CC(N2CCc3sccc3C2)C1. The van der Waals surface area contributed by atoms with E-state index in [1.807, 2.05) is 41.7 Å². The number of fused-ring (bicyclic) bond motifs is 2. The zero-order chi connectivity index (χ0) is 16.8. The minimum Gasteiger partial charge on any atom is -0.352 e. The maximum absolute atomic E-state index is 9.52. The van der Waals surface area contributed by atoms with E-state index in [1.165, 1.54) is 12.0 Å². The van der Waals surface area contributed by atoms with Crippen LogP contribution in [0.5, 0.6) is 0 Å². The summed E-state index contributed by atoms with van der Waals surface area (Å²) in [4.78, 5) is 11.1. The Hall–Kier alpha value is -2.42. The number of hydrogen-bond acceptors (Lipinski definition) is 5. The number of para-hydroxylation sites is 1. The van der Waals surface area contributed by atoms with Crippen molar-refractivity contribution < 1.29 is 0 Å². The molecule has 4 heterocycles. The minimum atomic E-state index is 0.563. The van der Waals surface area contributed by atoms with Crippen molar-refractivity contribution in [2.75, 3.05) is 24.5 Å². The summed E-state index contributed by atoms with van der Waals surface area (Å²) < 4.78 is 0. The van der Waals surface area contributed by atoms with Gasteiger partial charge in [-0.05, 0) is 35.6 Å². The molecule has 5 heteroatoms. The lowest BCUT2D eigenvalue weighted by Crippen LogP contribution is -2.60. The molecule has 0 atom stereocenters. The maximum Gasteiger partial charge on any atom is 0.147 e. The maximum atomic E-state index is 9.52. The minimum absolute atomic E-state index is 0.563. The van der Waals surface area contributed by atoms with Crippen LogP contribution in [-0.4, -0.2) is 35.6 Å². The second kappa shape index (κ2) is 5.83. The van der Waals surface area contributed by atoms with E-state index in [9.17, 15) is 5.26 Å². The Kier molecular flexibility index (Phi) is 3.47. The Labute approximate surface area is 150 Å². The Bertz CT molecular complexity index is 981. The van der Waals surface area contributed by atoms with Crippen molar-refractivity contribution >= 4 is 28.1 Å². The van der Waals surface area contributed by atoms with Crippen LogP contribution >= 0.6 is 11.3 Å². The number of aromatic nitrogens is 1. The predicted octanol–water partition coefficient (Wildman–Crippen LogP) is 3.41. The normalized spacial score (nSPS) is 18.0. The van der Waals surface area contributed by atoms with E-state index in [1.54, 1.807) is 4.88 Å². The van der Waals surface area contributed by atoms with Crippen LogP contribution < -0.4 is 4.90 Å². The van der Waals surface area contributed by atoms with Gasteiger partial charge < -0.3 is 4.90 Å². The molecule has 5 rings (SSSR count). The number of nitriles is 1. The van der Waals surface area contributed by atoms with Gasteiger partial charge in [0.25, 0.3) is 0 Å². The first kappa shape index (κ1) is 14.9. The number of hydrogen-bond donors (Lipinski definition) is 0. The zero-order valence-corrected chi connectivity index (χ0v) is 14.7. The average Bonchev–Trinajstić information content (AvgIpc) is 3.07. The van der Waals surface area contributed by atoms with Gasteiger partial charge in [0.15, 0.2) is 0 Å². The van der Waals surface area contributed by atoms with E-state index in [4.69, 9.17) is 4.98 Å². The molecule has 0 radical (unpaired) electrons. The first-order valence-corrected chi connectivity index (χ1v) is 9.54. The summed E-state index contributed by atoms with van der Waals surface area (Å²) in [6.45, 7) is 4.12. The fraction of sp³-hybridized carbons (Fsp3) is 0.300. The molecule has 1 aromatic carbocycles. The standard InChI is InChI=1S/C20H18N4S/c21-10-16-9-14-3-1-2-4-18(14)22-20(16)24-12-17(13-24)23-7-5-19-15(11-23)6-8-25-19/h1-4,6,8-9,17H,5,7,11-13H2. The quantitative estimate of drug-likeness (QED) is 0.713. The van der Waals surface area contributed by atoms with E-state index < -0.39 is 0 Å². The number of anilines is 1. The molecule has 3 aromatic rings. The number of thiophene rings is 1. The summed E-state index contributed by atoms with van der Waals surface area (Å²) in [6, 6.07) is 15.1. The fourth-order valence-corrected chi connectivity index (χ4v) is 4.76. The molecule has 1 saturated heterocycles. The first-order chi connectivity index (χ1) is 12.3. The third-order valence-electron chi connectivity index (χ3n) is 5.34. The number of nitrogens with zero attached hydrogens (tertiary/aromatic N) is 4. The molecule has 0 N–H and O–H groups in total. The highest BCUT2D eigenvalue weighted by atomic mass is 32.1. The van der Waals surface area contributed by atoms with Crippen molar-refractivity contribution in [3.8, 4) is 6.07 Å². The summed E-state index contributed by atoms with van der Waals surface area (Å²) in [5.74, 6) is 0.839. The molecule has 0 saturated carbocycles. The molecular formula is C20H18N4S. The van der Waals surface area contributed by atoms with E-state index in [0.717, 1.165) is 42.9 Å². The van der Waals surface area contributed by atoms with Gasteiger partial charge in [-0.2, -0.15) is 5.26 Å². The molecule has 0 unspecified atom stereocenters. The predicted molar refractivity (Wildman–Crippen MR) is 101 cm³/mol. The Morgan fingerprint density at radius 1 is 1.20 bits per heavy atom. The molecule has 0 spiro atoms. The van der Waals surface area contributed by atoms with Gasteiger partial charge in [-0.15, -0.1) is 11.3 Å². The van der Waals surface area contributed by atoms with Gasteiger partial charge in [0.2, 0.25) is 0 Å². The molecule has 0 aliphatic carbocycles. The van der Waals surface area contributed by atoms with E-state index >= 15 is 0 Å².